The van der Waals surface area contributed by atoms with Crippen LogP contribution in [0.15, 0.2) is 41.2 Å². The van der Waals surface area contributed by atoms with Gasteiger partial charge in [-0.1, -0.05) is 31.2 Å². The Labute approximate surface area is 144 Å². The Kier molecular flexibility index (Phi) is 4.65. The summed E-state index contributed by atoms with van der Waals surface area (Å²) in [4.78, 5) is 37.6. The summed E-state index contributed by atoms with van der Waals surface area (Å²) in [5, 5.41) is 13.7. The predicted molar refractivity (Wildman–Crippen MR) is 90.2 cm³/mol. The SMILES string of the molecule is CCCn1nc(C(=O)N2Cc3ccccc3C[C@H]2C(=O)O)ccc1=O. The van der Waals surface area contributed by atoms with Crippen LogP contribution in [-0.4, -0.2) is 37.7 Å². The van der Waals surface area contributed by atoms with Crippen LogP contribution in [0.2, 0.25) is 0 Å². The molecule has 0 spiro atoms. The van der Waals surface area contributed by atoms with Crippen molar-refractivity contribution in [3.63, 3.8) is 0 Å². The highest BCUT2D eigenvalue weighted by Gasteiger charge is 2.35. The number of carboxylic acids is 1. The van der Waals surface area contributed by atoms with Gasteiger partial charge in [0.25, 0.3) is 11.5 Å². The summed E-state index contributed by atoms with van der Waals surface area (Å²) in [6.45, 7) is 2.52. The van der Waals surface area contributed by atoms with Crippen molar-refractivity contribution in [1.29, 1.82) is 0 Å². The molecule has 1 aromatic carbocycles. The molecule has 1 atom stereocenters. The van der Waals surface area contributed by atoms with E-state index in [4.69, 9.17) is 0 Å². The number of benzene rings is 1. The van der Waals surface area contributed by atoms with E-state index in [1.165, 1.54) is 21.7 Å². The Morgan fingerprint density at radius 2 is 1.92 bits per heavy atom. The van der Waals surface area contributed by atoms with Gasteiger partial charge in [-0.25, -0.2) is 9.48 Å². The fraction of sp³-hybridized carbons (Fsp3) is 0.333. The van der Waals surface area contributed by atoms with Crippen molar-refractivity contribution in [2.24, 2.45) is 0 Å². The molecule has 1 N–H and O–H groups in total. The van der Waals surface area contributed by atoms with Crippen LogP contribution in [0.5, 0.6) is 0 Å². The molecule has 7 heteroatoms. The molecule has 1 aromatic heterocycles. The van der Waals surface area contributed by atoms with Crippen LogP contribution in [0.1, 0.15) is 35.0 Å². The first-order valence-electron chi connectivity index (χ1n) is 8.20. The summed E-state index contributed by atoms with van der Waals surface area (Å²) >= 11 is 0. The summed E-state index contributed by atoms with van der Waals surface area (Å²) in [5.74, 6) is -1.53. The Bertz CT molecular complexity index is 875. The number of rotatable bonds is 4. The maximum absolute atomic E-state index is 12.9. The highest BCUT2D eigenvalue weighted by atomic mass is 16.4. The summed E-state index contributed by atoms with van der Waals surface area (Å²) in [6, 6.07) is 9.20. The highest BCUT2D eigenvalue weighted by Crippen LogP contribution is 2.24. The molecule has 1 aliphatic rings. The lowest BCUT2D eigenvalue weighted by Gasteiger charge is -2.34. The number of nitrogens with zero attached hydrogens (tertiary/aromatic N) is 3. The van der Waals surface area contributed by atoms with Gasteiger partial charge in [-0.3, -0.25) is 9.59 Å². The van der Waals surface area contributed by atoms with Crippen molar-refractivity contribution >= 4 is 11.9 Å². The van der Waals surface area contributed by atoms with Crippen molar-refractivity contribution in [2.75, 3.05) is 0 Å². The van der Waals surface area contributed by atoms with Gasteiger partial charge < -0.3 is 10.0 Å². The van der Waals surface area contributed by atoms with Crippen molar-refractivity contribution in [3.05, 3.63) is 63.6 Å². The molecular formula is C18H19N3O4. The zero-order valence-corrected chi connectivity index (χ0v) is 13.9. The van der Waals surface area contributed by atoms with Gasteiger partial charge in [0, 0.05) is 25.6 Å². The van der Waals surface area contributed by atoms with E-state index < -0.39 is 17.9 Å². The lowest BCUT2D eigenvalue weighted by atomic mass is 9.93. The van der Waals surface area contributed by atoms with Crippen LogP contribution in [0.4, 0.5) is 0 Å². The first-order valence-corrected chi connectivity index (χ1v) is 8.20. The lowest BCUT2D eigenvalue weighted by molar-refractivity contribution is -0.142. The molecular weight excluding hydrogens is 322 g/mol. The Hall–Kier alpha value is -2.96. The number of aromatic nitrogens is 2. The zero-order chi connectivity index (χ0) is 18.0. The molecule has 2 heterocycles. The third-order valence-electron chi connectivity index (χ3n) is 4.32. The lowest BCUT2D eigenvalue weighted by Crippen LogP contribution is -2.49. The van der Waals surface area contributed by atoms with Gasteiger partial charge >= 0.3 is 5.97 Å². The molecule has 25 heavy (non-hydrogen) atoms. The number of amides is 1. The summed E-state index contributed by atoms with van der Waals surface area (Å²) in [7, 11) is 0. The van der Waals surface area contributed by atoms with E-state index in [-0.39, 0.29) is 24.2 Å². The molecule has 0 saturated carbocycles. The van der Waals surface area contributed by atoms with Gasteiger partial charge in [-0.15, -0.1) is 0 Å². The number of carboxylic acid groups (broad SMARTS) is 1. The maximum Gasteiger partial charge on any atom is 0.326 e. The third-order valence-corrected chi connectivity index (χ3v) is 4.32. The van der Waals surface area contributed by atoms with E-state index in [0.29, 0.717) is 13.0 Å². The van der Waals surface area contributed by atoms with E-state index in [9.17, 15) is 19.5 Å². The van der Waals surface area contributed by atoms with Gasteiger partial charge in [0.15, 0.2) is 0 Å². The smallest absolute Gasteiger partial charge is 0.326 e. The van der Waals surface area contributed by atoms with E-state index in [2.05, 4.69) is 5.10 Å². The van der Waals surface area contributed by atoms with Crippen molar-refractivity contribution in [3.8, 4) is 0 Å². The van der Waals surface area contributed by atoms with Crippen LogP contribution in [0.25, 0.3) is 0 Å². The average molecular weight is 341 g/mol. The van der Waals surface area contributed by atoms with E-state index >= 15 is 0 Å². The number of hydrogen-bond donors (Lipinski definition) is 1. The Morgan fingerprint density at radius 1 is 1.20 bits per heavy atom. The van der Waals surface area contributed by atoms with Crippen LogP contribution >= 0.6 is 0 Å². The van der Waals surface area contributed by atoms with Crippen LogP contribution in [0.3, 0.4) is 0 Å². The molecule has 0 saturated heterocycles. The third kappa shape index (κ3) is 3.31. The minimum atomic E-state index is -1.05. The number of carbonyl (C=O) groups excluding carboxylic acids is 1. The molecule has 0 aliphatic carbocycles. The largest absolute Gasteiger partial charge is 0.480 e. The van der Waals surface area contributed by atoms with Crippen molar-refractivity contribution in [2.45, 2.75) is 38.9 Å². The molecule has 0 unspecified atom stereocenters. The second kappa shape index (κ2) is 6.88. The molecule has 130 valence electrons. The maximum atomic E-state index is 12.9. The number of fused-ring (bicyclic) bond motifs is 1. The topological polar surface area (TPSA) is 92.5 Å². The van der Waals surface area contributed by atoms with Gasteiger partial charge in [-0.2, -0.15) is 5.10 Å². The first-order chi connectivity index (χ1) is 12.0. The monoisotopic (exact) mass is 341 g/mol. The van der Waals surface area contributed by atoms with E-state index in [1.54, 1.807) is 0 Å². The second-order valence-corrected chi connectivity index (χ2v) is 6.04. The van der Waals surface area contributed by atoms with Gasteiger partial charge in [0.1, 0.15) is 11.7 Å². The fourth-order valence-electron chi connectivity index (χ4n) is 3.04. The van der Waals surface area contributed by atoms with Crippen molar-refractivity contribution < 1.29 is 14.7 Å². The minimum absolute atomic E-state index is 0.0821. The Morgan fingerprint density at radius 3 is 2.60 bits per heavy atom. The first kappa shape index (κ1) is 16.9. The fourth-order valence-corrected chi connectivity index (χ4v) is 3.04. The van der Waals surface area contributed by atoms with Crippen LogP contribution in [-0.2, 0) is 24.3 Å². The Balaban J connectivity index is 1.96. The summed E-state index contributed by atoms with van der Waals surface area (Å²) in [6.07, 6.45) is 0.964. The van der Waals surface area contributed by atoms with E-state index in [1.807, 2.05) is 31.2 Å². The molecule has 1 aliphatic heterocycles. The quantitative estimate of drug-likeness (QED) is 0.905. The van der Waals surface area contributed by atoms with Gasteiger partial charge in [0.2, 0.25) is 0 Å². The van der Waals surface area contributed by atoms with Gasteiger partial charge in [-0.05, 0) is 23.6 Å². The number of aryl methyl sites for hydroxylation is 1. The second-order valence-electron chi connectivity index (χ2n) is 6.04. The normalized spacial score (nSPS) is 16.4. The van der Waals surface area contributed by atoms with Crippen molar-refractivity contribution in [1.82, 2.24) is 14.7 Å². The zero-order valence-electron chi connectivity index (χ0n) is 13.9. The minimum Gasteiger partial charge on any atom is -0.480 e. The van der Waals surface area contributed by atoms with Crippen LogP contribution in [0, 0.1) is 0 Å². The molecule has 7 nitrogen and oxygen atoms in total. The molecule has 0 radical (unpaired) electrons. The molecule has 0 bridgehead atoms. The van der Waals surface area contributed by atoms with Crippen LogP contribution < -0.4 is 5.56 Å². The molecule has 2 aromatic rings. The summed E-state index contributed by atoms with van der Waals surface area (Å²) < 4.78 is 1.24. The number of carbonyl (C=O) groups is 2. The molecule has 0 fully saturated rings. The van der Waals surface area contributed by atoms with E-state index in [0.717, 1.165) is 11.1 Å². The average Bonchev–Trinajstić information content (AvgIpc) is 2.62. The predicted octanol–water partition coefficient (Wildman–Crippen LogP) is 1.31. The van der Waals surface area contributed by atoms with Gasteiger partial charge in [0.05, 0.1) is 0 Å². The highest BCUT2D eigenvalue weighted by molar-refractivity contribution is 5.95. The molecule has 3 rings (SSSR count). The molecule has 1 amide bonds. The summed E-state index contributed by atoms with van der Waals surface area (Å²) in [5.41, 5.74) is 1.66. The standard InChI is InChI=1S/C18H19N3O4/c1-2-9-21-16(22)8-7-14(19-21)17(23)20-11-13-6-4-3-5-12(13)10-15(20)18(24)25/h3-8,15H,2,9-11H2,1H3,(H,24,25)/t15-/m0/s1. The number of hydrogen-bond acceptors (Lipinski definition) is 4. The number of aliphatic carboxylic acids is 1.